The van der Waals surface area contributed by atoms with E-state index in [4.69, 9.17) is 16.3 Å². The molecule has 2 aliphatic rings. The second-order valence-electron chi connectivity index (χ2n) is 9.75. The molecule has 0 spiro atoms. The Balaban J connectivity index is 1.41. The van der Waals surface area contributed by atoms with Crippen molar-refractivity contribution < 1.29 is 19.4 Å². The number of hydrogen-bond acceptors (Lipinski definition) is 4. The van der Waals surface area contributed by atoms with Crippen LogP contribution < -0.4 is 10.1 Å². The minimum absolute atomic E-state index is 0.0312. The molecule has 4 rings (SSSR count). The quantitative estimate of drug-likeness (QED) is 0.676. The predicted octanol–water partition coefficient (Wildman–Crippen LogP) is 4.74. The molecule has 0 radical (unpaired) electrons. The third-order valence-corrected chi connectivity index (χ3v) is 7.42. The van der Waals surface area contributed by atoms with Crippen molar-refractivity contribution in [1.82, 2.24) is 10.2 Å². The smallest absolute Gasteiger partial charge is 0.410 e. The number of benzene rings is 2. The van der Waals surface area contributed by atoms with E-state index in [1.54, 1.807) is 36.4 Å². The van der Waals surface area contributed by atoms with Crippen LogP contribution in [0, 0.1) is 11.3 Å². The van der Waals surface area contributed by atoms with Gasteiger partial charge in [0.25, 0.3) is 0 Å². The summed E-state index contributed by atoms with van der Waals surface area (Å²) in [6.45, 7) is 4.87. The summed E-state index contributed by atoms with van der Waals surface area (Å²) < 4.78 is 5.35. The lowest BCUT2D eigenvalue weighted by Gasteiger charge is -2.51. The Labute approximate surface area is 199 Å². The summed E-state index contributed by atoms with van der Waals surface area (Å²) in [6, 6.07) is 15.9. The number of rotatable bonds is 4. The summed E-state index contributed by atoms with van der Waals surface area (Å²) >= 11 is 6.03. The Morgan fingerprint density at radius 2 is 1.79 bits per heavy atom. The molecular formula is C26H31ClN2O4. The molecule has 1 aliphatic heterocycles. The minimum Gasteiger partial charge on any atom is -0.410 e. The van der Waals surface area contributed by atoms with Crippen LogP contribution in [0.1, 0.15) is 45.1 Å². The van der Waals surface area contributed by atoms with Crippen molar-refractivity contribution in [3.05, 3.63) is 65.2 Å². The van der Waals surface area contributed by atoms with E-state index in [1.807, 2.05) is 36.9 Å². The van der Waals surface area contributed by atoms with Crippen molar-refractivity contribution in [3.63, 3.8) is 0 Å². The second kappa shape index (κ2) is 9.35. The lowest BCUT2D eigenvalue weighted by atomic mass is 9.66. The number of piperidine rings is 1. The van der Waals surface area contributed by atoms with Crippen molar-refractivity contribution in [3.8, 4) is 5.75 Å². The van der Waals surface area contributed by atoms with E-state index >= 15 is 0 Å². The summed E-state index contributed by atoms with van der Waals surface area (Å²) in [7, 11) is 0. The summed E-state index contributed by atoms with van der Waals surface area (Å²) in [5.41, 5.74) is -0.794. The van der Waals surface area contributed by atoms with E-state index < -0.39 is 17.1 Å². The Bertz CT molecular complexity index is 995. The van der Waals surface area contributed by atoms with Crippen molar-refractivity contribution in [2.75, 3.05) is 13.1 Å². The number of para-hydroxylation sites is 1. The topological polar surface area (TPSA) is 78.9 Å². The number of nitrogens with zero attached hydrogens (tertiary/aromatic N) is 1. The van der Waals surface area contributed by atoms with E-state index in [0.717, 1.165) is 24.8 Å². The maximum atomic E-state index is 13.5. The summed E-state index contributed by atoms with van der Waals surface area (Å²) in [5, 5.41) is 15.1. The van der Waals surface area contributed by atoms with E-state index in [1.165, 1.54) is 0 Å². The molecule has 2 aromatic carbocycles. The lowest BCUT2D eigenvalue weighted by molar-refractivity contribution is -0.156. The molecule has 33 heavy (non-hydrogen) atoms. The number of carbonyl (C=O) groups excluding carboxylic acids is 2. The average molecular weight is 471 g/mol. The van der Waals surface area contributed by atoms with Gasteiger partial charge in [-0.15, -0.1) is 0 Å². The Hall–Kier alpha value is -2.57. The van der Waals surface area contributed by atoms with Crippen molar-refractivity contribution in [2.45, 2.75) is 51.2 Å². The van der Waals surface area contributed by atoms with Crippen LogP contribution in [0.2, 0.25) is 5.02 Å². The maximum Gasteiger partial charge on any atom is 0.412 e. The van der Waals surface area contributed by atoms with Gasteiger partial charge in [-0.1, -0.05) is 62.2 Å². The van der Waals surface area contributed by atoms with Crippen LogP contribution in [-0.4, -0.2) is 41.1 Å². The van der Waals surface area contributed by atoms with Gasteiger partial charge >= 0.3 is 6.09 Å². The monoisotopic (exact) mass is 470 g/mol. The zero-order valence-corrected chi connectivity index (χ0v) is 19.8. The second-order valence-corrected chi connectivity index (χ2v) is 10.2. The van der Waals surface area contributed by atoms with Crippen LogP contribution in [-0.2, 0) is 10.4 Å². The van der Waals surface area contributed by atoms with Crippen molar-refractivity contribution in [1.29, 1.82) is 0 Å². The van der Waals surface area contributed by atoms with Gasteiger partial charge in [-0.3, -0.25) is 4.79 Å². The Morgan fingerprint density at radius 3 is 2.45 bits per heavy atom. The predicted molar refractivity (Wildman–Crippen MR) is 127 cm³/mol. The summed E-state index contributed by atoms with van der Waals surface area (Å²) in [6.07, 6.45) is 2.24. The molecule has 1 aliphatic carbocycles. The number of hydrogen-bond donors (Lipinski definition) is 2. The molecule has 0 bridgehead atoms. The van der Waals surface area contributed by atoms with Gasteiger partial charge in [0.05, 0.1) is 11.5 Å². The summed E-state index contributed by atoms with van der Waals surface area (Å²) in [5.74, 6) is 0.213. The van der Waals surface area contributed by atoms with Gasteiger partial charge in [-0.2, -0.15) is 0 Å². The fourth-order valence-electron chi connectivity index (χ4n) is 5.21. The van der Waals surface area contributed by atoms with Gasteiger partial charge in [0.1, 0.15) is 5.75 Å². The molecule has 0 aromatic heterocycles. The molecule has 3 atom stereocenters. The van der Waals surface area contributed by atoms with Crippen LogP contribution in [0.25, 0.3) is 0 Å². The van der Waals surface area contributed by atoms with Crippen LogP contribution in [0.5, 0.6) is 5.75 Å². The number of aliphatic hydroxyl groups is 1. The molecule has 2 amide bonds. The van der Waals surface area contributed by atoms with E-state index in [0.29, 0.717) is 30.3 Å². The van der Waals surface area contributed by atoms with E-state index in [-0.39, 0.29) is 17.9 Å². The SMILES string of the molecule is CC1(C)CN(C(=O)C2CCC[C@H]2NC(=O)Oc2ccccc2)CC[C@]1(O)c1ccc(Cl)cc1. The number of carbonyl (C=O) groups is 2. The molecule has 7 heteroatoms. The Kier molecular flexibility index (Phi) is 6.68. The molecule has 1 saturated heterocycles. The first-order valence-electron chi connectivity index (χ1n) is 11.5. The fraction of sp³-hybridized carbons (Fsp3) is 0.462. The Morgan fingerprint density at radius 1 is 1.09 bits per heavy atom. The average Bonchev–Trinajstić information content (AvgIpc) is 3.24. The van der Waals surface area contributed by atoms with Gasteiger partial charge in [0, 0.05) is 29.6 Å². The van der Waals surface area contributed by atoms with Gasteiger partial charge < -0.3 is 20.1 Å². The van der Waals surface area contributed by atoms with E-state index in [9.17, 15) is 14.7 Å². The molecule has 2 N–H and O–H groups in total. The number of nitrogens with one attached hydrogen (secondary N) is 1. The molecule has 6 nitrogen and oxygen atoms in total. The van der Waals surface area contributed by atoms with E-state index in [2.05, 4.69) is 5.32 Å². The fourth-order valence-corrected chi connectivity index (χ4v) is 5.34. The first-order chi connectivity index (χ1) is 15.7. The highest BCUT2D eigenvalue weighted by atomic mass is 35.5. The molecule has 2 fully saturated rings. The lowest BCUT2D eigenvalue weighted by Crippen LogP contribution is -2.58. The maximum absolute atomic E-state index is 13.5. The van der Waals surface area contributed by atoms with Gasteiger partial charge in [-0.05, 0) is 49.1 Å². The first-order valence-corrected chi connectivity index (χ1v) is 11.9. The van der Waals surface area contributed by atoms with Gasteiger partial charge in [0.2, 0.25) is 5.91 Å². The zero-order valence-electron chi connectivity index (χ0n) is 19.1. The molecule has 1 heterocycles. The van der Waals surface area contributed by atoms with Crippen molar-refractivity contribution >= 4 is 23.6 Å². The van der Waals surface area contributed by atoms with Crippen LogP contribution in [0.3, 0.4) is 0 Å². The molecule has 176 valence electrons. The standard InChI is InChI=1S/C26H31ClN2O4/c1-25(2)17-29(16-15-26(25,32)18-11-13-19(27)14-12-18)23(30)21-9-6-10-22(21)28-24(31)33-20-7-4-3-5-8-20/h3-5,7-8,11-14,21-22,32H,6,9-10,15-17H2,1-2H3,(H,28,31)/t21?,22-,26+/m1/s1. The highest BCUT2D eigenvalue weighted by Gasteiger charge is 2.50. The normalized spacial score (nSPS) is 26.6. The third kappa shape index (κ3) is 4.87. The molecular weight excluding hydrogens is 440 g/mol. The minimum atomic E-state index is -1.05. The number of ether oxygens (including phenoxy) is 1. The molecule has 2 aromatic rings. The van der Waals surface area contributed by atoms with Crippen LogP contribution in [0.4, 0.5) is 4.79 Å². The van der Waals surface area contributed by atoms with Crippen LogP contribution >= 0.6 is 11.6 Å². The number of halogens is 1. The largest absolute Gasteiger partial charge is 0.412 e. The third-order valence-electron chi connectivity index (χ3n) is 7.17. The molecule has 1 unspecified atom stereocenters. The van der Waals surface area contributed by atoms with Crippen LogP contribution in [0.15, 0.2) is 54.6 Å². The number of likely N-dealkylation sites (tertiary alicyclic amines) is 1. The first kappa shape index (κ1) is 23.6. The van der Waals surface area contributed by atoms with Gasteiger partial charge in [-0.25, -0.2) is 4.79 Å². The highest BCUT2D eigenvalue weighted by Crippen LogP contribution is 2.46. The van der Waals surface area contributed by atoms with Gasteiger partial charge in [0.15, 0.2) is 0 Å². The molecule has 1 saturated carbocycles. The highest BCUT2D eigenvalue weighted by molar-refractivity contribution is 6.30. The zero-order chi connectivity index (χ0) is 23.6. The summed E-state index contributed by atoms with van der Waals surface area (Å²) in [4.78, 5) is 27.7. The number of amides is 2. The van der Waals surface area contributed by atoms with Crippen molar-refractivity contribution in [2.24, 2.45) is 11.3 Å².